The number of alkyl halides is 2. The molecule has 0 heterocycles. The fraction of sp³-hybridized carbons (Fsp3) is 0.316. The Labute approximate surface area is 160 Å². The van der Waals surface area contributed by atoms with Crippen LogP contribution in [0.5, 0.6) is 11.5 Å². The molecule has 1 aliphatic carbocycles. The van der Waals surface area contributed by atoms with Crippen molar-refractivity contribution in [2.75, 3.05) is 12.4 Å². The highest BCUT2D eigenvalue weighted by Gasteiger charge is 2.31. The number of anilines is 1. The first-order valence-electron chi connectivity index (χ1n) is 8.42. The lowest BCUT2D eigenvalue weighted by molar-refractivity contribution is -0.0512. The summed E-state index contributed by atoms with van der Waals surface area (Å²) in [7, 11) is 1.39. The molecule has 0 atom stereocenters. The van der Waals surface area contributed by atoms with Crippen LogP contribution in [0, 0.1) is 5.82 Å². The van der Waals surface area contributed by atoms with Gasteiger partial charge in [0.05, 0.1) is 12.8 Å². The van der Waals surface area contributed by atoms with E-state index in [-0.39, 0.29) is 23.4 Å². The molecule has 2 aromatic carbocycles. The van der Waals surface area contributed by atoms with Crippen molar-refractivity contribution in [2.45, 2.75) is 32.0 Å². The third-order valence-electron chi connectivity index (χ3n) is 4.16. The summed E-state index contributed by atoms with van der Waals surface area (Å²) in [5, 5.41) is 3.36. The quantitative estimate of drug-likeness (QED) is 0.680. The minimum Gasteiger partial charge on any atom is -0.493 e. The average Bonchev–Trinajstić information content (AvgIpc) is 3.47. The van der Waals surface area contributed by atoms with E-state index in [0.29, 0.717) is 17.3 Å². The molecule has 3 rings (SSSR count). The number of ether oxygens (including phenoxy) is 2. The molecular weight excluding hydrogens is 377 g/mol. The van der Waals surface area contributed by atoms with Gasteiger partial charge in [0.1, 0.15) is 5.82 Å². The number of nitrogens with one attached hydrogen (secondary N) is 1. The lowest BCUT2D eigenvalue weighted by atomic mass is 10.2. The van der Waals surface area contributed by atoms with Crippen LogP contribution in [-0.2, 0) is 6.54 Å². The molecule has 0 aromatic heterocycles. The number of nitrogens with zero attached hydrogens (tertiary/aromatic N) is 1. The molecule has 0 amide bonds. The second-order valence-electron chi connectivity index (χ2n) is 6.13. The van der Waals surface area contributed by atoms with Gasteiger partial charge in [0.2, 0.25) is 0 Å². The number of thiocarbonyl (C=S) groups is 1. The molecule has 0 saturated heterocycles. The zero-order valence-corrected chi connectivity index (χ0v) is 15.4. The van der Waals surface area contributed by atoms with E-state index in [4.69, 9.17) is 17.0 Å². The molecule has 0 spiro atoms. The molecule has 0 aliphatic heterocycles. The summed E-state index contributed by atoms with van der Waals surface area (Å²) >= 11 is 5.47. The summed E-state index contributed by atoms with van der Waals surface area (Å²) in [6.07, 6.45) is 1.98. The van der Waals surface area contributed by atoms with Crippen molar-refractivity contribution in [3.63, 3.8) is 0 Å². The van der Waals surface area contributed by atoms with Gasteiger partial charge < -0.3 is 19.7 Å². The van der Waals surface area contributed by atoms with Gasteiger partial charge in [-0.25, -0.2) is 4.39 Å². The van der Waals surface area contributed by atoms with Crippen LogP contribution in [0.3, 0.4) is 0 Å². The predicted octanol–water partition coefficient (Wildman–Crippen LogP) is 4.80. The first kappa shape index (κ1) is 19.3. The molecule has 1 saturated carbocycles. The Bertz CT molecular complexity index is 815. The van der Waals surface area contributed by atoms with Crippen LogP contribution in [0.15, 0.2) is 42.5 Å². The molecule has 2 aromatic rings. The number of rotatable bonds is 7. The maximum Gasteiger partial charge on any atom is 0.387 e. The van der Waals surface area contributed by atoms with Crippen LogP contribution in [0.4, 0.5) is 18.9 Å². The predicted molar refractivity (Wildman–Crippen MR) is 101 cm³/mol. The van der Waals surface area contributed by atoms with Crippen molar-refractivity contribution in [3.8, 4) is 11.5 Å². The molecule has 27 heavy (non-hydrogen) atoms. The normalized spacial score (nSPS) is 13.4. The summed E-state index contributed by atoms with van der Waals surface area (Å²) in [5.74, 6) is -0.191. The molecule has 0 bridgehead atoms. The fourth-order valence-electron chi connectivity index (χ4n) is 2.70. The van der Waals surface area contributed by atoms with Crippen LogP contribution in [0.2, 0.25) is 0 Å². The van der Waals surface area contributed by atoms with E-state index in [1.807, 2.05) is 4.90 Å². The van der Waals surface area contributed by atoms with Crippen molar-refractivity contribution in [1.82, 2.24) is 4.90 Å². The number of methoxy groups -OCH3 is 1. The van der Waals surface area contributed by atoms with E-state index in [2.05, 4.69) is 10.1 Å². The van der Waals surface area contributed by atoms with E-state index in [9.17, 15) is 13.2 Å². The van der Waals surface area contributed by atoms with Gasteiger partial charge in [-0.05, 0) is 54.9 Å². The maximum atomic E-state index is 13.9. The molecule has 1 N–H and O–H groups in total. The van der Waals surface area contributed by atoms with E-state index < -0.39 is 6.61 Å². The van der Waals surface area contributed by atoms with Crippen LogP contribution < -0.4 is 14.8 Å². The fourth-order valence-corrected chi connectivity index (χ4v) is 3.03. The second kappa shape index (κ2) is 8.47. The lowest BCUT2D eigenvalue weighted by Gasteiger charge is -2.26. The lowest BCUT2D eigenvalue weighted by Crippen LogP contribution is -2.36. The molecule has 1 fully saturated rings. The highest BCUT2D eigenvalue weighted by molar-refractivity contribution is 7.80. The molecule has 4 nitrogen and oxygen atoms in total. The first-order valence-corrected chi connectivity index (χ1v) is 8.82. The van der Waals surface area contributed by atoms with E-state index in [0.717, 1.165) is 18.4 Å². The van der Waals surface area contributed by atoms with Crippen molar-refractivity contribution in [2.24, 2.45) is 0 Å². The third-order valence-corrected chi connectivity index (χ3v) is 4.50. The molecular formula is C19H19F3N2O2S. The van der Waals surface area contributed by atoms with Crippen LogP contribution in [-0.4, -0.2) is 29.8 Å². The molecule has 8 heteroatoms. The Kier molecular flexibility index (Phi) is 6.05. The highest BCUT2D eigenvalue weighted by atomic mass is 32.1. The van der Waals surface area contributed by atoms with Crippen molar-refractivity contribution < 1.29 is 22.6 Å². The minimum atomic E-state index is -2.93. The van der Waals surface area contributed by atoms with Gasteiger partial charge in [0.15, 0.2) is 16.6 Å². The zero-order chi connectivity index (χ0) is 19.4. The van der Waals surface area contributed by atoms with Gasteiger partial charge in [0.25, 0.3) is 0 Å². The Morgan fingerprint density at radius 2 is 1.96 bits per heavy atom. The number of benzene rings is 2. The number of halogens is 3. The molecule has 0 radical (unpaired) electrons. The van der Waals surface area contributed by atoms with Gasteiger partial charge in [-0.3, -0.25) is 0 Å². The summed E-state index contributed by atoms with van der Waals surface area (Å²) in [5.41, 5.74) is 1.13. The van der Waals surface area contributed by atoms with Gasteiger partial charge >= 0.3 is 6.61 Å². The van der Waals surface area contributed by atoms with E-state index >= 15 is 0 Å². The van der Waals surface area contributed by atoms with Gasteiger partial charge in [-0.1, -0.05) is 18.2 Å². The Morgan fingerprint density at radius 1 is 1.22 bits per heavy atom. The zero-order valence-electron chi connectivity index (χ0n) is 14.6. The molecule has 144 valence electrons. The number of para-hydroxylation sites is 1. The van der Waals surface area contributed by atoms with Gasteiger partial charge in [-0.15, -0.1) is 0 Å². The smallest absolute Gasteiger partial charge is 0.387 e. The monoisotopic (exact) mass is 396 g/mol. The van der Waals surface area contributed by atoms with Crippen molar-refractivity contribution in [1.29, 1.82) is 0 Å². The second-order valence-corrected chi connectivity index (χ2v) is 6.52. The van der Waals surface area contributed by atoms with Gasteiger partial charge in [-0.2, -0.15) is 8.78 Å². The number of hydrogen-bond acceptors (Lipinski definition) is 3. The maximum absolute atomic E-state index is 13.9. The van der Waals surface area contributed by atoms with Gasteiger partial charge in [0, 0.05) is 12.6 Å². The summed E-state index contributed by atoms with van der Waals surface area (Å²) in [4.78, 5) is 1.96. The Hall–Kier alpha value is -2.48. The Morgan fingerprint density at radius 3 is 2.59 bits per heavy atom. The average molecular weight is 396 g/mol. The molecule has 1 aliphatic rings. The summed E-state index contributed by atoms with van der Waals surface area (Å²) < 4.78 is 48.4. The summed E-state index contributed by atoms with van der Waals surface area (Å²) in [6, 6.07) is 11.3. The Balaban J connectivity index is 1.75. The summed E-state index contributed by atoms with van der Waals surface area (Å²) in [6.45, 7) is -2.48. The molecule has 0 unspecified atom stereocenters. The van der Waals surface area contributed by atoms with Crippen molar-refractivity contribution in [3.05, 3.63) is 53.8 Å². The topological polar surface area (TPSA) is 33.7 Å². The number of hydrogen-bond donors (Lipinski definition) is 1. The van der Waals surface area contributed by atoms with Crippen molar-refractivity contribution >= 4 is 23.0 Å². The highest BCUT2D eigenvalue weighted by Crippen LogP contribution is 2.33. The van der Waals surface area contributed by atoms with Crippen LogP contribution in [0.1, 0.15) is 18.4 Å². The third kappa shape index (κ3) is 5.03. The van der Waals surface area contributed by atoms with Crippen LogP contribution in [0.25, 0.3) is 0 Å². The van der Waals surface area contributed by atoms with E-state index in [1.165, 1.54) is 19.2 Å². The first-order chi connectivity index (χ1) is 13.0. The standard InChI is InChI=1S/C19H19F3N2O2S/c1-25-17-10-12(6-9-16(17)26-18(21)22)11-24(13-7-8-13)19(27)23-15-5-3-2-4-14(15)20/h2-6,9-10,13,18H,7-8,11H2,1H3,(H,23,27). The van der Waals surface area contributed by atoms with E-state index in [1.54, 1.807) is 30.3 Å². The SMILES string of the molecule is COc1cc(CN(C(=S)Nc2ccccc2F)C2CC2)ccc1OC(F)F. The largest absolute Gasteiger partial charge is 0.493 e. The van der Waals surface area contributed by atoms with Crippen LogP contribution >= 0.6 is 12.2 Å². The minimum absolute atomic E-state index is 0.0266.